The molecule has 0 aromatic rings. The molecule has 2 saturated heterocycles. The summed E-state index contributed by atoms with van der Waals surface area (Å²) in [5.74, 6) is 0. The number of nitrogens with one attached hydrogen (secondary N) is 1. The van der Waals surface area contributed by atoms with Crippen molar-refractivity contribution >= 4 is 22.4 Å². The summed E-state index contributed by atoms with van der Waals surface area (Å²) in [6.07, 6.45) is -0.912. The molecule has 0 atom stereocenters. The molecule has 0 spiro atoms. The number of carbonyl (C=O) groups excluding carboxylic acids is 2. The average Bonchev–Trinajstić information content (AvgIpc) is 2.59. The fourth-order valence-corrected chi connectivity index (χ4v) is 2.12. The molecule has 0 radical (unpaired) electrons. The summed E-state index contributed by atoms with van der Waals surface area (Å²) in [7, 11) is -4.18. The first-order chi connectivity index (χ1) is 8.00. The molecule has 2 amide bonds. The fraction of sp³-hybridized carbons (Fsp3) is 0.714. The second-order valence-electron chi connectivity index (χ2n) is 3.48. The topological polar surface area (TPSA) is 105 Å². The van der Waals surface area contributed by atoms with Crippen LogP contribution >= 0.6 is 0 Å². The Hall–Kier alpha value is -1.55. The highest BCUT2D eigenvalue weighted by Crippen LogP contribution is 2.10. The summed E-state index contributed by atoms with van der Waals surface area (Å²) in [6.45, 7) is 0.952. The summed E-state index contributed by atoms with van der Waals surface area (Å²) in [6, 6.07) is 0. The van der Waals surface area contributed by atoms with Crippen molar-refractivity contribution in [2.24, 2.45) is 0 Å². The third kappa shape index (κ3) is 2.42. The van der Waals surface area contributed by atoms with Gasteiger partial charge in [-0.05, 0) is 11.3 Å². The summed E-state index contributed by atoms with van der Waals surface area (Å²) in [5, 5.41) is 0. The predicted octanol–water partition coefficient (Wildman–Crippen LogP) is -0.970. The SMILES string of the molecule is O=C(ONS(=O)(=O)N1CCOC1=O)N1CCC1. The first kappa shape index (κ1) is 11.9. The van der Waals surface area contributed by atoms with E-state index < -0.39 is 22.4 Å². The zero-order valence-electron chi connectivity index (χ0n) is 8.79. The van der Waals surface area contributed by atoms with Gasteiger partial charge in [0.15, 0.2) is 0 Å². The van der Waals surface area contributed by atoms with E-state index in [1.54, 1.807) is 4.89 Å². The Kier molecular flexibility index (Phi) is 3.07. The maximum atomic E-state index is 11.5. The van der Waals surface area contributed by atoms with Gasteiger partial charge in [0.1, 0.15) is 6.61 Å². The molecule has 0 saturated carbocycles. The van der Waals surface area contributed by atoms with Crippen molar-refractivity contribution in [2.75, 3.05) is 26.2 Å². The monoisotopic (exact) mass is 265 g/mol. The van der Waals surface area contributed by atoms with Crippen LogP contribution in [0.4, 0.5) is 9.59 Å². The predicted molar refractivity (Wildman–Crippen MR) is 52.8 cm³/mol. The van der Waals surface area contributed by atoms with Gasteiger partial charge in [0.05, 0.1) is 6.54 Å². The van der Waals surface area contributed by atoms with Gasteiger partial charge in [0.2, 0.25) is 0 Å². The number of likely N-dealkylation sites (tertiary alicyclic amines) is 1. The van der Waals surface area contributed by atoms with Gasteiger partial charge < -0.3 is 14.5 Å². The van der Waals surface area contributed by atoms with E-state index in [0.29, 0.717) is 17.4 Å². The summed E-state index contributed by atoms with van der Waals surface area (Å²) >= 11 is 0. The van der Waals surface area contributed by atoms with E-state index in [2.05, 4.69) is 9.57 Å². The van der Waals surface area contributed by atoms with Crippen molar-refractivity contribution in [2.45, 2.75) is 6.42 Å². The highest BCUT2D eigenvalue weighted by atomic mass is 32.2. The smallest absolute Gasteiger partial charge is 0.429 e. The Balaban J connectivity index is 1.88. The second kappa shape index (κ2) is 4.37. The second-order valence-corrected chi connectivity index (χ2v) is 5.04. The van der Waals surface area contributed by atoms with E-state index in [0.717, 1.165) is 6.42 Å². The van der Waals surface area contributed by atoms with Crippen LogP contribution in [0.3, 0.4) is 0 Å². The summed E-state index contributed by atoms with van der Waals surface area (Å²) in [4.78, 5) is 29.5. The van der Waals surface area contributed by atoms with Crippen LogP contribution in [0.15, 0.2) is 0 Å². The highest BCUT2D eigenvalue weighted by molar-refractivity contribution is 7.87. The molecular weight excluding hydrogens is 254 g/mol. The molecule has 0 aliphatic carbocycles. The van der Waals surface area contributed by atoms with E-state index in [-0.39, 0.29) is 13.2 Å². The quantitative estimate of drug-likeness (QED) is 0.658. The molecule has 10 heteroatoms. The van der Waals surface area contributed by atoms with Gasteiger partial charge in [-0.15, -0.1) is 0 Å². The maximum absolute atomic E-state index is 11.5. The first-order valence-corrected chi connectivity index (χ1v) is 6.37. The third-order valence-corrected chi connectivity index (χ3v) is 3.57. The van der Waals surface area contributed by atoms with Crippen LogP contribution < -0.4 is 4.89 Å². The lowest BCUT2D eigenvalue weighted by Crippen LogP contribution is -2.47. The van der Waals surface area contributed by atoms with Crippen LogP contribution in [0.2, 0.25) is 0 Å². The molecule has 2 rings (SSSR count). The van der Waals surface area contributed by atoms with E-state index in [9.17, 15) is 18.0 Å². The number of hydrogen-bond acceptors (Lipinski definition) is 6. The molecule has 2 heterocycles. The lowest BCUT2D eigenvalue weighted by molar-refractivity contribution is 0.0627. The third-order valence-electron chi connectivity index (χ3n) is 2.36. The van der Waals surface area contributed by atoms with Gasteiger partial charge in [-0.25, -0.2) is 9.59 Å². The number of hydrogen-bond donors (Lipinski definition) is 1. The molecule has 2 aliphatic rings. The fourth-order valence-electron chi connectivity index (χ4n) is 1.29. The Morgan fingerprint density at radius 2 is 2.06 bits per heavy atom. The number of carbonyl (C=O) groups is 2. The van der Waals surface area contributed by atoms with E-state index in [1.165, 1.54) is 4.90 Å². The summed E-state index contributed by atoms with van der Waals surface area (Å²) in [5.41, 5.74) is 0. The molecule has 1 N–H and O–H groups in total. The van der Waals surface area contributed by atoms with Crippen LogP contribution in [0.1, 0.15) is 6.42 Å². The minimum Gasteiger partial charge on any atom is -0.447 e. The van der Waals surface area contributed by atoms with Crippen molar-refractivity contribution in [1.29, 1.82) is 0 Å². The van der Waals surface area contributed by atoms with Crippen molar-refractivity contribution in [3.63, 3.8) is 0 Å². The molecule has 17 heavy (non-hydrogen) atoms. The number of rotatable bonds is 3. The Bertz CT molecular complexity index is 431. The molecule has 0 unspecified atom stereocenters. The molecule has 0 aromatic heterocycles. The normalized spacial score (nSPS) is 19.9. The van der Waals surface area contributed by atoms with Gasteiger partial charge in [0, 0.05) is 13.1 Å². The van der Waals surface area contributed by atoms with Gasteiger partial charge >= 0.3 is 22.4 Å². The number of ether oxygens (including phenoxy) is 1. The zero-order chi connectivity index (χ0) is 12.5. The van der Waals surface area contributed by atoms with Crippen LogP contribution in [0, 0.1) is 0 Å². The van der Waals surface area contributed by atoms with Crippen molar-refractivity contribution in [1.82, 2.24) is 14.1 Å². The van der Waals surface area contributed by atoms with Crippen molar-refractivity contribution < 1.29 is 27.6 Å². The van der Waals surface area contributed by atoms with E-state index >= 15 is 0 Å². The average molecular weight is 265 g/mol. The van der Waals surface area contributed by atoms with Gasteiger partial charge in [0.25, 0.3) is 0 Å². The van der Waals surface area contributed by atoms with E-state index in [4.69, 9.17) is 0 Å². The lowest BCUT2D eigenvalue weighted by atomic mass is 10.2. The number of cyclic esters (lactones) is 1. The van der Waals surface area contributed by atoms with Gasteiger partial charge in [-0.2, -0.15) is 12.7 Å². The molecule has 0 bridgehead atoms. The van der Waals surface area contributed by atoms with Crippen LogP contribution in [0.25, 0.3) is 0 Å². The number of nitrogens with zero attached hydrogens (tertiary/aromatic N) is 2. The standard InChI is InChI=1S/C7H11N3O6S/c11-6(9-2-1-3-9)16-8-17(13,14)10-4-5-15-7(10)12/h8H,1-5H2. The first-order valence-electron chi connectivity index (χ1n) is 4.93. The zero-order valence-corrected chi connectivity index (χ0v) is 9.60. The highest BCUT2D eigenvalue weighted by Gasteiger charge is 2.35. The lowest BCUT2D eigenvalue weighted by Gasteiger charge is -2.29. The molecule has 96 valence electrons. The van der Waals surface area contributed by atoms with Crippen molar-refractivity contribution in [3.05, 3.63) is 0 Å². The minimum atomic E-state index is -4.18. The van der Waals surface area contributed by atoms with Gasteiger partial charge in [-0.1, -0.05) is 0 Å². The minimum absolute atomic E-state index is 0.0141. The summed E-state index contributed by atoms with van der Waals surface area (Å²) < 4.78 is 27.9. The van der Waals surface area contributed by atoms with Crippen LogP contribution in [0.5, 0.6) is 0 Å². The maximum Gasteiger partial charge on any atom is 0.429 e. The largest absolute Gasteiger partial charge is 0.447 e. The number of amides is 2. The Morgan fingerprint density at radius 1 is 1.35 bits per heavy atom. The Morgan fingerprint density at radius 3 is 2.53 bits per heavy atom. The molecule has 2 aliphatic heterocycles. The van der Waals surface area contributed by atoms with Crippen molar-refractivity contribution in [3.8, 4) is 0 Å². The van der Waals surface area contributed by atoms with Gasteiger partial charge in [-0.3, -0.25) is 0 Å². The van der Waals surface area contributed by atoms with Crippen LogP contribution in [-0.4, -0.2) is 56.1 Å². The van der Waals surface area contributed by atoms with Crippen LogP contribution in [-0.2, 0) is 19.8 Å². The van der Waals surface area contributed by atoms with E-state index in [1.807, 2.05) is 0 Å². The molecule has 9 nitrogen and oxygen atoms in total. The molecule has 2 fully saturated rings. The molecular formula is C7H11N3O6S. The molecule has 0 aromatic carbocycles. The Labute approximate surface area is 97.4 Å².